The molecule has 0 aromatic heterocycles. The summed E-state index contributed by atoms with van der Waals surface area (Å²) in [5.74, 6) is -1.56. The second-order valence-electron chi connectivity index (χ2n) is 14.9. The molecule has 327 valence electrons. The van der Waals surface area contributed by atoms with E-state index in [4.69, 9.17) is 37.1 Å². The molecule has 0 aliphatic heterocycles. The summed E-state index contributed by atoms with van der Waals surface area (Å²) in [6, 6.07) is 15.2. The van der Waals surface area contributed by atoms with Gasteiger partial charge in [-0.2, -0.15) is 0 Å². The molecule has 56 heavy (non-hydrogen) atoms. The van der Waals surface area contributed by atoms with Gasteiger partial charge in [0.25, 0.3) is 0 Å². The second kappa shape index (κ2) is 27.7. The predicted octanol–water partition coefficient (Wildman–Crippen LogP) is 10.1. The fourth-order valence-corrected chi connectivity index (χ4v) is 27.6. The van der Waals surface area contributed by atoms with Crippen molar-refractivity contribution in [3.63, 3.8) is 0 Å². The Bertz CT molecular complexity index is 1490. The van der Waals surface area contributed by atoms with E-state index in [1.165, 1.54) is 0 Å². The van der Waals surface area contributed by atoms with E-state index < -0.39 is 79.8 Å². The van der Waals surface area contributed by atoms with Gasteiger partial charge in [0.05, 0.1) is 17.9 Å². The molecule has 1 radical (unpaired) electrons. The number of esters is 2. The van der Waals surface area contributed by atoms with E-state index in [1.54, 1.807) is 45.0 Å². The highest BCUT2D eigenvalue weighted by atomic mass is 32.9. The molecule has 0 saturated carbocycles. The average molecular weight is 931 g/mol. The molecule has 10 nitrogen and oxygen atoms in total. The fourth-order valence-electron chi connectivity index (χ4n) is 5.44. The maximum Gasteiger partial charge on any atom is 0.360 e. The maximum absolute atomic E-state index is 13.5. The first kappa shape index (κ1) is 64.1. The number of rotatable bonds is 19. The third-order valence-corrected chi connectivity index (χ3v) is 26.9. The Labute approximate surface area is 357 Å². The van der Waals surface area contributed by atoms with Gasteiger partial charge in [0.1, 0.15) is 21.9 Å². The highest BCUT2D eigenvalue weighted by molar-refractivity contribution is 8.35. The first-order valence-corrected chi connectivity index (χ1v) is 33.9. The summed E-state index contributed by atoms with van der Waals surface area (Å²) < 4.78 is 38.0. The highest BCUT2D eigenvalue weighted by Crippen LogP contribution is 2.33. The lowest BCUT2D eigenvalue weighted by Crippen LogP contribution is -2.59. The first-order chi connectivity index (χ1) is 22.9. The minimum atomic E-state index is -3.22. The molecule has 2 rings (SSSR count). The fraction of sp³-hybridized carbons (Fsp3) is 0.632. The number of carbonyl (C=O) groups excluding carboxylic acids is 2. The molecule has 0 fully saturated rings. The minimum Gasteiger partial charge on any atom is -0.615 e. The summed E-state index contributed by atoms with van der Waals surface area (Å²) in [5, 5.41) is 10.3. The Morgan fingerprint density at radius 3 is 1.61 bits per heavy atom. The van der Waals surface area contributed by atoms with Gasteiger partial charge in [-0.3, -0.25) is 9.59 Å². The van der Waals surface area contributed by atoms with Crippen LogP contribution in [0, 0.1) is 11.8 Å². The maximum atomic E-state index is 13.5. The van der Waals surface area contributed by atoms with Crippen molar-refractivity contribution in [3.05, 3.63) is 48.5 Å². The van der Waals surface area contributed by atoms with Crippen LogP contribution >= 0.6 is 6.92 Å². The average Bonchev–Trinajstić information content (AvgIpc) is 2.97. The van der Waals surface area contributed by atoms with Crippen molar-refractivity contribution in [2.24, 2.45) is 11.8 Å². The van der Waals surface area contributed by atoms with E-state index in [-0.39, 0.29) is 57.2 Å². The largest absolute Gasteiger partial charge is 0.615 e. The summed E-state index contributed by atoms with van der Waals surface area (Å²) in [4.78, 5) is 38.4. The van der Waals surface area contributed by atoms with Gasteiger partial charge in [-0.05, 0) is 113 Å². The van der Waals surface area contributed by atoms with Crippen LogP contribution in [0.15, 0.2) is 48.5 Å². The van der Waals surface area contributed by atoms with Crippen molar-refractivity contribution < 1.29 is 45.5 Å². The van der Waals surface area contributed by atoms with Gasteiger partial charge in [-0.25, -0.2) is 0 Å². The molecule has 0 bridgehead atoms. The van der Waals surface area contributed by atoms with Crippen LogP contribution in [0.1, 0.15) is 65.3 Å². The number of benzene rings is 2. The van der Waals surface area contributed by atoms with E-state index in [2.05, 4.69) is 39.3 Å². The third kappa shape index (κ3) is 23.5. The smallest absolute Gasteiger partial charge is 0.360 e. The van der Waals surface area contributed by atoms with E-state index in [1.807, 2.05) is 43.9 Å². The molecular weight excluding hydrogens is 852 g/mol. The molecule has 0 aliphatic carbocycles. The Morgan fingerprint density at radius 2 is 1.18 bits per heavy atom. The standard InChI is InChI=1S/C32H54O10PS2Si5.6CH4/c1-24(31(34)37-21-26(3)33)23-50(12,41-48(8,9)10)42-49(11,40-46(4)39-47(5,6)7)22-25(2)32(35)38-29-17-13-27(14-18-29)28-15-19-30(20-16-28)43(36)45-44;;;;;;/h13-20,24-26,33H,21-23H2,1-12H3;6*1H4. The van der Waals surface area contributed by atoms with Crippen molar-refractivity contribution in [1.29, 1.82) is 0 Å². The molecule has 2 aromatic carbocycles. The predicted molar refractivity (Wildman–Crippen MR) is 256 cm³/mol. The number of carbonyl (C=O) groups is 2. The Hall–Kier alpha value is -1.04. The number of aliphatic hydroxyl groups excluding tert-OH is 1. The van der Waals surface area contributed by atoms with Gasteiger partial charge in [-0.15, -0.1) is 0 Å². The van der Waals surface area contributed by atoms with Gasteiger partial charge in [0.2, 0.25) is 0 Å². The van der Waals surface area contributed by atoms with Crippen molar-refractivity contribution in [2.75, 3.05) is 6.61 Å². The van der Waals surface area contributed by atoms with Crippen LogP contribution in [0.5, 0.6) is 5.75 Å². The zero-order chi connectivity index (χ0) is 38.1. The summed E-state index contributed by atoms with van der Waals surface area (Å²) in [7, 11) is -11.3. The van der Waals surface area contributed by atoms with Crippen LogP contribution < -0.4 is 14.9 Å². The monoisotopic (exact) mass is 929 g/mol. The Kier molecular flexibility index (Phi) is 31.7. The summed E-state index contributed by atoms with van der Waals surface area (Å²) in [6.07, 6.45) is -0.766. The molecule has 18 heteroatoms. The van der Waals surface area contributed by atoms with Crippen LogP contribution in [0.25, 0.3) is 11.1 Å². The van der Waals surface area contributed by atoms with E-state index >= 15 is 0 Å². The zero-order valence-corrected chi connectivity index (χ0v) is 38.9. The van der Waals surface area contributed by atoms with Gasteiger partial charge >= 0.3 is 38.3 Å². The van der Waals surface area contributed by atoms with Gasteiger partial charge in [-0.1, -0.05) is 70.5 Å². The molecular formula is C38H78O10PS2Si5. The van der Waals surface area contributed by atoms with E-state index in [0.29, 0.717) is 17.1 Å². The number of ether oxygens (including phenoxy) is 2. The first-order valence-electron chi connectivity index (χ1n) is 16.6. The summed E-state index contributed by atoms with van der Waals surface area (Å²) in [6.45, 7) is 21.8. The normalized spacial score (nSPS) is 15.0. The Balaban J connectivity index is -0.00000144. The molecule has 6 atom stereocenters. The van der Waals surface area contributed by atoms with Crippen molar-refractivity contribution >= 4 is 87.9 Å². The number of hydrogen-bond donors (Lipinski definition) is 1. The molecule has 2 aromatic rings. The minimum absolute atomic E-state index is 0. The molecule has 0 amide bonds. The molecule has 6 unspecified atom stereocenters. The van der Waals surface area contributed by atoms with Gasteiger partial charge in [0.15, 0.2) is 28.9 Å². The van der Waals surface area contributed by atoms with Gasteiger partial charge in [0, 0.05) is 23.3 Å². The van der Waals surface area contributed by atoms with Crippen molar-refractivity contribution in [1.82, 2.24) is 0 Å². The lowest BCUT2D eigenvalue weighted by atomic mass is 10.1. The highest BCUT2D eigenvalue weighted by Gasteiger charge is 2.49. The van der Waals surface area contributed by atoms with Crippen LogP contribution in [-0.2, 0) is 51.5 Å². The van der Waals surface area contributed by atoms with Crippen LogP contribution in [-0.4, -0.2) is 72.8 Å². The quantitative estimate of drug-likeness (QED) is 0.0625. The number of aliphatic hydroxyl groups is 1. The van der Waals surface area contributed by atoms with E-state index in [9.17, 15) is 19.6 Å². The zero-order valence-electron chi connectivity index (χ0n) is 31.4. The molecule has 1 N–H and O–H groups in total. The molecule has 0 aliphatic rings. The number of hydrogen-bond acceptors (Lipinski definition) is 11. The van der Waals surface area contributed by atoms with Crippen LogP contribution in [0.4, 0.5) is 0 Å². The lowest BCUT2D eigenvalue weighted by Gasteiger charge is -2.42. The van der Waals surface area contributed by atoms with Crippen LogP contribution in [0.3, 0.4) is 0 Å². The van der Waals surface area contributed by atoms with Crippen molar-refractivity contribution in [2.45, 2.75) is 142 Å². The van der Waals surface area contributed by atoms with E-state index in [0.717, 1.165) is 20.6 Å². The summed E-state index contributed by atoms with van der Waals surface area (Å²) >= 11 is 4.85. The van der Waals surface area contributed by atoms with Crippen LogP contribution in [0.2, 0.25) is 71.0 Å². The summed E-state index contributed by atoms with van der Waals surface area (Å²) in [5.41, 5.74) is 1.85. The lowest BCUT2D eigenvalue weighted by molar-refractivity contribution is -0.150. The topological polar surface area (TPSA) is 133 Å². The SMILES string of the molecule is C.C.C.C.C.C.CC(O)COC(=O)C(C)C[Si](C)(O[Si](C)(C)C)O[Si](C)(CC(C)C(=O)Oc1ccc(-c2ccc([P+]([O-])=S=S)cc2)cc1)O[Si](C)O[Si](C)(C)C. The molecule has 0 spiro atoms. The molecule has 0 heterocycles. The molecule has 0 saturated heterocycles. The van der Waals surface area contributed by atoms with Crippen molar-refractivity contribution in [3.8, 4) is 16.9 Å². The Morgan fingerprint density at radius 1 is 0.732 bits per heavy atom. The van der Waals surface area contributed by atoms with Gasteiger partial charge < -0.3 is 35.9 Å². The third-order valence-electron chi connectivity index (χ3n) is 6.94. The second-order valence-corrected chi connectivity index (χ2v) is 36.9.